The molecule has 1 aromatic rings. The van der Waals surface area contributed by atoms with E-state index in [2.05, 4.69) is 0 Å². The van der Waals surface area contributed by atoms with Crippen LogP contribution in [0.2, 0.25) is 5.02 Å². The Bertz CT molecular complexity index is 583. The summed E-state index contributed by atoms with van der Waals surface area (Å²) in [6.45, 7) is 0.344. The van der Waals surface area contributed by atoms with Crippen molar-refractivity contribution in [2.45, 2.75) is 11.4 Å². The molecule has 7 heteroatoms. The molecular formula is C9H9ClN2O3S. The van der Waals surface area contributed by atoms with Gasteiger partial charge in [0.25, 0.3) is 5.91 Å². The number of sulfonamides is 1. The number of nitrogens with two attached hydrogens (primary N) is 1. The van der Waals surface area contributed by atoms with E-state index in [0.717, 1.165) is 0 Å². The van der Waals surface area contributed by atoms with Gasteiger partial charge in [0.05, 0.1) is 10.5 Å². The van der Waals surface area contributed by atoms with E-state index >= 15 is 0 Å². The predicted molar refractivity (Wildman–Crippen MR) is 58.6 cm³/mol. The van der Waals surface area contributed by atoms with Crippen LogP contribution in [0, 0.1) is 0 Å². The van der Waals surface area contributed by atoms with E-state index in [9.17, 15) is 13.2 Å². The lowest BCUT2D eigenvalue weighted by Crippen LogP contribution is -2.21. The lowest BCUT2D eigenvalue weighted by atomic mass is 10.1. The molecule has 0 unspecified atom stereocenters. The van der Waals surface area contributed by atoms with Crippen LogP contribution in [0.4, 0.5) is 0 Å². The molecule has 1 aliphatic heterocycles. The van der Waals surface area contributed by atoms with Crippen LogP contribution >= 0.6 is 11.6 Å². The summed E-state index contributed by atoms with van der Waals surface area (Å²) < 4.78 is 22.7. The van der Waals surface area contributed by atoms with Crippen molar-refractivity contribution in [1.82, 2.24) is 4.90 Å². The quantitative estimate of drug-likeness (QED) is 0.802. The molecule has 0 bridgehead atoms. The zero-order valence-corrected chi connectivity index (χ0v) is 9.97. The maximum absolute atomic E-state index is 11.7. The first-order valence-electron chi connectivity index (χ1n) is 4.41. The van der Waals surface area contributed by atoms with Crippen molar-refractivity contribution < 1.29 is 13.2 Å². The molecule has 2 N–H and O–H groups in total. The van der Waals surface area contributed by atoms with Gasteiger partial charge in [-0.25, -0.2) is 13.6 Å². The summed E-state index contributed by atoms with van der Waals surface area (Å²) in [5.74, 6) is -0.351. The van der Waals surface area contributed by atoms with Gasteiger partial charge in [-0.3, -0.25) is 4.79 Å². The number of amides is 1. The highest BCUT2D eigenvalue weighted by atomic mass is 35.5. The molecule has 86 valence electrons. The molecule has 0 aliphatic carbocycles. The molecule has 1 heterocycles. The molecular weight excluding hydrogens is 252 g/mol. The van der Waals surface area contributed by atoms with Gasteiger partial charge in [0.2, 0.25) is 10.0 Å². The fraction of sp³-hybridized carbons (Fsp3) is 0.222. The molecule has 0 fully saturated rings. The number of hydrogen-bond donors (Lipinski definition) is 1. The normalized spacial score (nSPS) is 15.4. The van der Waals surface area contributed by atoms with Gasteiger partial charge in [-0.2, -0.15) is 0 Å². The first kappa shape index (κ1) is 11.4. The van der Waals surface area contributed by atoms with Gasteiger partial charge in [-0.1, -0.05) is 11.6 Å². The summed E-state index contributed by atoms with van der Waals surface area (Å²) in [5.41, 5.74) is 0.721. The summed E-state index contributed by atoms with van der Waals surface area (Å²) in [6.07, 6.45) is 0. The summed E-state index contributed by atoms with van der Waals surface area (Å²) in [7, 11) is -2.35. The van der Waals surface area contributed by atoms with Crippen molar-refractivity contribution in [2.75, 3.05) is 7.05 Å². The minimum absolute atomic E-state index is 0.134. The fourth-order valence-corrected chi connectivity index (χ4v) is 2.85. The molecule has 1 amide bonds. The average Bonchev–Trinajstić information content (AvgIpc) is 2.39. The zero-order valence-electron chi connectivity index (χ0n) is 8.40. The predicted octanol–water partition coefficient (Wildman–Crippen LogP) is 0.573. The standard InChI is InChI=1S/C9H9ClN2O3S/c1-12-4-5-2-6(10)3-7(16(11,14)15)8(5)9(12)13/h2-3H,4H2,1H3,(H2,11,14,15). The van der Waals surface area contributed by atoms with Crippen molar-refractivity contribution in [3.63, 3.8) is 0 Å². The van der Waals surface area contributed by atoms with Crippen molar-refractivity contribution in [2.24, 2.45) is 5.14 Å². The lowest BCUT2D eigenvalue weighted by molar-refractivity contribution is 0.0813. The third-order valence-electron chi connectivity index (χ3n) is 2.42. The van der Waals surface area contributed by atoms with E-state index in [1.54, 1.807) is 13.1 Å². The second-order valence-electron chi connectivity index (χ2n) is 3.64. The van der Waals surface area contributed by atoms with Gasteiger partial charge in [0.15, 0.2) is 0 Å². The van der Waals surface area contributed by atoms with E-state index in [1.807, 2.05) is 0 Å². The molecule has 0 radical (unpaired) electrons. The van der Waals surface area contributed by atoms with E-state index in [0.29, 0.717) is 12.1 Å². The number of hydrogen-bond acceptors (Lipinski definition) is 3. The topological polar surface area (TPSA) is 80.5 Å². The van der Waals surface area contributed by atoms with Gasteiger partial charge >= 0.3 is 0 Å². The van der Waals surface area contributed by atoms with E-state index < -0.39 is 10.0 Å². The second kappa shape index (κ2) is 3.44. The SMILES string of the molecule is CN1Cc2cc(Cl)cc(S(N)(=O)=O)c2C1=O. The fourth-order valence-electron chi connectivity index (χ4n) is 1.75. The summed E-state index contributed by atoms with van der Waals surface area (Å²) in [5, 5.41) is 5.30. The number of benzene rings is 1. The van der Waals surface area contributed by atoms with E-state index in [4.69, 9.17) is 16.7 Å². The van der Waals surface area contributed by atoms with Crippen LogP contribution in [0.5, 0.6) is 0 Å². The molecule has 0 saturated heterocycles. The van der Waals surface area contributed by atoms with Crippen LogP contribution in [0.25, 0.3) is 0 Å². The van der Waals surface area contributed by atoms with Gasteiger partial charge in [0, 0.05) is 18.6 Å². The monoisotopic (exact) mass is 260 g/mol. The molecule has 0 spiro atoms. The lowest BCUT2D eigenvalue weighted by Gasteiger charge is -2.06. The highest BCUT2D eigenvalue weighted by Crippen LogP contribution is 2.30. The average molecular weight is 261 g/mol. The Morgan fingerprint density at radius 1 is 1.44 bits per heavy atom. The Morgan fingerprint density at radius 3 is 2.62 bits per heavy atom. The molecule has 1 aliphatic rings. The number of carbonyl (C=O) groups is 1. The Morgan fingerprint density at radius 2 is 2.06 bits per heavy atom. The molecule has 1 aromatic carbocycles. The minimum atomic E-state index is -3.94. The molecule has 0 atom stereocenters. The summed E-state index contributed by atoms with van der Waals surface area (Å²) in [6, 6.07) is 2.78. The van der Waals surface area contributed by atoms with Gasteiger partial charge in [-0.15, -0.1) is 0 Å². The van der Waals surface area contributed by atoms with Crippen molar-refractivity contribution in [3.8, 4) is 0 Å². The van der Waals surface area contributed by atoms with E-state index in [1.165, 1.54) is 11.0 Å². The maximum Gasteiger partial charge on any atom is 0.255 e. The van der Waals surface area contributed by atoms with Gasteiger partial charge < -0.3 is 4.90 Å². The highest BCUT2D eigenvalue weighted by Gasteiger charge is 2.31. The minimum Gasteiger partial charge on any atom is -0.337 e. The van der Waals surface area contributed by atoms with Crippen LogP contribution < -0.4 is 5.14 Å². The third-order valence-corrected chi connectivity index (χ3v) is 3.58. The van der Waals surface area contributed by atoms with Crippen molar-refractivity contribution in [3.05, 3.63) is 28.3 Å². The van der Waals surface area contributed by atoms with E-state index in [-0.39, 0.29) is 21.4 Å². The number of primary sulfonamides is 1. The van der Waals surface area contributed by atoms with Crippen molar-refractivity contribution >= 4 is 27.5 Å². The number of halogens is 1. The first-order valence-corrected chi connectivity index (χ1v) is 6.34. The smallest absolute Gasteiger partial charge is 0.255 e. The second-order valence-corrected chi connectivity index (χ2v) is 5.61. The Hall–Kier alpha value is -1.11. The highest BCUT2D eigenvalue weighted by molar-refractivity contribution is 7.89. The number of carbonyl (C=O) groups excluding carboxylic acids is 1. The van der Waals surface area contributed by atoms with Crippen molar-refractivity contribution in [1.29, 1.82) is 0 Å². The summed E-state index contributed by atoms with van der Waals surface area (Å²) >= 11 is 5.78. The number of fused-ring (bicyclic) bond motifs is 1. The Kier molecular flexibility index (Phi) is 2.45. The molecule has 0 aromatic heterocycles. The molecule has 5 nitrogen and oxygen atoms in total. The first-order chi connectivity index (χ1) is 7.30. The zero-order chi connectivity index (χ0) is 12.1. The maximum atomic E-state index is 11.7. The number of rotatable bonds is 1. The molecule has 2 rings (SSSR count). The van der Waals surface area contributed by atoms with Crippen LogP contribution in [-0.4, -0.2) is 26.3 Å². The van der Waals surface area contributed by atoms with Crippen LogP contribution in [-0.2, 0) is 16.6 Å². The summed E-state index contributed by atoms with van der Waals surface area (Å²) in [4.78, 5) is 12.9. The van der Waals surface area contributed by atoms with Crippen LogP contribution in [0.1, 0.15) is 15.9 Å². The van der Waals surface area contributed by atoms with Gasteiger partial charge in [0.1, 0.15) is 0 Å². The molecule has 16 heavy (non-hydrogen) atoms. The third kappa shape index (κ3) is 1.68. The largest absolute Gasteiger partial charge is 0.337 e. The van der Waals surface area contributed by atoms with Gasteiger partial charge in [-0.05, 0) is 17.7 Å². The molecule has 0 saturated carbocycles. The number of nitrogens with zero attached hydrogens (tertiary/aromatic N) is 1. The van der Waals surface area contributed by atoms with Crippen LogP contribution in [0.3, 0.4) is 0 Å². The van der Waals surface area contributed by atoms with Crippen LogP contribution in [0.15, 0.2) is 17.0 Å². The Labute approximate surface area is 97.8 Å². The Balaban J connectivity index is 2.79.